The molecule has 0 N–H and O–H groups in total. The second-order valence-electron chi connectivity index (χ2n) is 17.2. The summed E-state index contributed by atoms with van der Waals surface area (Å²) in [6, 6.07) is 0. The first-order valence-corrected chi connectivity index (χ1v) is 23.6. The van der Waals surface area contributed by atoms with E-state index in [4.69, 9.17) is 9.47 Å². The van der Waals surface area contributed by atoms with Crippen LogP contribution in [0.5, 0.6) is 0 Å². The minimum atomic E-state index is -0.468. The van der Waals surface area contributed by atoms with E-state index in [1.165, 1.54) is 219 Å². The van der Waals surface area contributed by atoms with E-state index in [9.17, 15) is 0 Å². The normalized spacial score (nSPS) is 13.5. The van der Waals surface area contributed by atoms with Crippen LogP contribution in [0.1, 0.15) is 254 Å². The van der Waals surface area contributed by atoms with Gasteiger partial charge in [0.05, 0.1) is 0 Å². The van der Waals surface area contributed by atoms with E-state index in [1.807, 2.05) is 14.2 Å². The summed E-state index contributed by atoms with van der Waals surface area (Å²) in [7, 11) is 3.68. The first kappa shape index (κ1) is 50.9. The highest BCUT2D eigenvalue weighted by atomic mass is 16.7. The van der Waals surface area contributed by atoms with Gasteiger partial charge >= 0.3 is 0 Å². The first-order valence-electron chi connectivity index (χ1n) is 23.6. The fraction of sp³-hybridized carbons (Fsp3) is 1.00. The fourth-order valence-corrected chi connectivity index (χ4v) is 9.15. The molecule has 0 aliphatic carbocycles. The molecule has 1 atom stereocenters. The van der Waals surface area contributed by atoms with Crippen LogP contribution < -0.4 is 0 Å². The number of hydrogen-bond donors (Lipinski definition) is 0. The Morgan fingerprint density at radius 2 is 0.706 bits per heavy atom. The molecule has 308 valence electrons. The highest BCUT2D eigenvalue weighted by molar-refractivity contribution is 4.77. The molecule has 0 fully saturated rings. The monoisotopic (exact) mass is 722 g/mol. The number of rotatable bonds is 40. The third-order valence-corrected chi connectivity index (χ3v) is 14.3. The molecule has 0 rings (SSSR count). The molecule has 0 aromatic carbocycles. The van der Waals surface area contributed by atoms with Crippen LogP contribution in [0.2, 0.25) is 0 Å². The molecule has 0 aliphatic rings. The van der Waals surface area contributed by atoms with Crippen LogP contribution in [0.4, 0.5) is 0 Å². The van der Waals surface area contributed by atoms with E-state index in [2.05, 4.69) is 60.3 Å². The summed E-state index contributed by atoms with van der Waals surface area (Å²) >= 11 is 0. The van der Waals surface area contributed by atoms with Gasteiger partial charge < -0.3 is 14.4 Å². The summed E-state index contributed by atoms with van der Waals surface area (Å²) in [6.07, 6.45) is 42.7. The Balaban J connectivity index is 4.78. The van der Waals surface area contributed by atoms with E-state index >= 15 is 0 Å². The second-order valence-corrected chi connectivity index (χ2v) is 17.2. The molecule has 3 heteroatoms. The van der Waals surface area contributed by atoms with Gasteiger partial charge in [0.15, 0.2) is 5.79 Å². The van der Waals surface area contributed by atoms with Gasteiger partial charge in [0, 0.05) is 20.1 Å². The fourth-order valence-electron chi connectivity index (χ4n) is 9.15. The molecule has 0 saturated carbocycles. The number of methoxy groups -OCH3 is 2. The van der Waals surface area contributed by atoms with Gasteiger partial charge in [-0.15, -0.1) is 0 Å². The summed E-state index contributed by atoms with van der Waals surface area (Å²) in [5.74, 6) is -0.000376. The SMILES string of the molecule is CCCCCCCCC(CCCN(CCCCCCCCCC(CC)(CC)CC)CCCCCCCCCC(CC)(CC)CC)C(C)(OC)OC. The zero-order valence-corrected chi connectivity index (χ0v) is 37.4. The highest BCUT2D eigenvalue weighted by Crippen LogP contribution is 2.37. The molecule has 3 nitrogen and oxygen atoms in total. The number of nitrogens with zero attached hydrogens (tertiary/aromatic N) is 1. The Morgan fingerprint density at radius 3 is 1.08 bits per heavy atom. The standard InChI is InChI=1S/C48H99NO2/c1-11-18-19-20-27-32-38-45(46(8,50-9)51-10)39-37-44-49(42-35-30-25-21-23-28-33-40-47(12-2,13-3)14-4)43-36-31-26-22-24-29-34-41-48(15-5,16-6)17-7/h45H,11-44H2,1-10H3. The average Bonchev–Trinajstić information content (AvgIpc) is 3.16. The van der Waals surface area contributed by atoms with Crippen molar-refractivity contribution in [2.45, 2.75) is 260 Å². The Kier molecular flexibility index (Phi) is 33.2. The molecule has 1 unspecified atom stereocenters. The van der Waals surface area contributed by atoms with Crippen molar-refractivity contribution in [1.29, 1.82) is 0 Å². The lowest BCUT2D eigenvalue weighted by Crippen LogP contribution is -2.39. The lowest BCUT2D eigenvalue weighted by atomic mass is 9.75. The molecule has 0 aliphatic heterocycles. The Hall–Kier alpha value is -0.120. The number of unbranched alkanes of at least 4 members (excludes halogenated alkanes) is 17. The van der Waals surface area contributed by atoms with Crippen LogP contribution in [0.3, 0.4) is 0 Å². The average molecular weight is 722 g/mol. The van der Waals surface area contributed by atoms with Crippen LogP contribution in [-0.4, -0.2) is 44.5 Å². The van der Waals surface area contributed by atoms with Gasteiger partial charge in [-0.1, -0.05) is 203 Å². The van der Waals surface area contributed by atoms with Gasteiger partial charge in [0.1, 0.15) is 0 Å². The summed E-state index contributed by atoms with van der Waals surface area (Å²) < 4.78 is 12.0. The third kappa shape index (κ3) is 23.4. The van der Waals surface area contributed by atoms with Crippen LogP contribution in [0.15, 0.2) is 0 Å². The molecule has 0 amide bonds. The van der Waals surface area contributed by atoms with Gasteiger partial charge in [-0.3, -0.25) is 0 Å². The summed E-state index contributed by atoms with van der Waals surface area (Å²) in [4.78, 5) is 2.83. The Bertz CT molecular complexity index is 656. The molecule has 0 radical (unpaired) electrons. The highest BCUT2D eigenvalue weighted by Gasteiger charge is 2.33. The van der Waals surface area contributed by atoms with Crippen LogP contribution in [-0.2, 0) is 9.47 Å². The van der Waals surface area contributed by atoms with E-state index in [1.54, 1.807) is 0 Å². The van der Waals surface area contributed by atoms with Crippen molar-refractivity contribution >= 4 is 0 Å². The summed E-state index contributed by atoms with van der Waals surface area (Å²) in [6.45, 7) is 22.7. The molecule has 51 heavy (non-hydrogen) atoms. The van der Waals surface area contributed by atoms with Crippen LogP contribution >= 0.6 is 0 Å². The maximum atomic E-state index is 5.99. The first-order chi connectivity index (χ1) is 24.7. The van der Waals surface area contributed by atoms with Gasteiger partial charge in [-0.05, 0) is 82.3 Å². The lowest BCUT2D eigenvalue weighted by Gasteiger charge is -2.36. The summed E-state index contributed by atoms with van der Waals surface area (Å²) in [5.41, 5.74) is 1.24. The Labute approximate surface area is 324 Å². The van der Waals surface area contributed by atoms with Crippen molar-refractivity contribution < 1.29 is 9.47 Å². The predicted molar refractivity (Wildman–Crippen MR) is 230 cm³/mol. The quantitative estimate of drug-likeness (QED) is 0.0464. The van der Waals surface area contributed by atoms with Crippen LogP contribution in [0.25, 0.3) is 0 Å². The topological polar surface area (TPSA) is 21.7 Å². The Morgan fingerprint density at radius 1 is 0.392 bits per heavy atom. The predicted octanol–water partition coefficient (Wildman–Crippen LogP) is 16.1. The van der Waals surface area contributed by atoms with Crippen LogP contribution in [0, 0.1) is 16.7 Å². The van der Waals surface area contributed by atoms with Crippen molar-refractivity contribution in [1.82, 2.24) is 4.90 Å². The largest absolute Gasteiger partial charge is 0.353 e. The van der Waals surface area contributed by atoms with E-state index in [-0.39, 0.29) is 0 Å². The van der Waals surface area contributed by atoms with Gasteiger partial charge in [0.2, 0.25) is 0 Å². The summed E-state index contributed by atoms with van der Waals surface area (Å²) in [5, 5.41) is 0. The van der Waals surface area contributed by atoms with Crippen molar-refractivity contribution in [3.8, 4) is 0 Å². The van der Waals surface area contributed by atoms with E-state index < -0.39 is 5.79 Å². The second kappa shape index (κ2) is 33.2. The van der Waals surface area contributed by atoms with Gasteiger partial charge in [-0.25, -0.2) is 0 Å². The minimum Gasteiger partial charge on any atom is -0.353 e. The molecular formula is C48H99NO2. The molecule has 0 bridgehead atoms. The zero-order chi connectivity index (χ0) is 38.1. The maximum Gasteiger partial charge on any atom is 0.167 e. The smallest absolute Gasteiger partial charge is 0.167 e. The third-order valence-electron chi connectivity index (χ3n) is 14.3. The molecular weight excluding hydrogens is 623 g/mol. The number of ether oxygens (including phenoxy) is 2. The van der Waals surface area contributed by atoms with Crippen molar-refractivity contribution in [3.63, 3.8) is 0 Å². The van der Waals surface area contributed by atoms with Crippen molar-refractivity contribution in [2.75, 3.05) is 33.9 Å². The number of hydrogen-bond acceptors (Lipinski definition) is 3. The van der Waals surface area contributed by atoms with Crippen molar-refractivity contribution in [2.24, 2.45) is 16.7 Å². The maximum absolute atomic E-state index is 5.99. The van der Waals surface area contributed by atoms with E-state index in [0.29, 0.717) is 16.7 Å². The molecule has 0 spiro atoms. The minimum absolute atomic E-state index is 0.467. The molecule has 0 aromatic rings. The lowest BCUT2D eigenvalue weighted by molar-refractivity contribution is -0.230. The molecule has 0 heterocycles. The van der Waals surface area contributed by atoms with E-state index in [0.717, 1.165) is 0 Å². The van der Waals surface area contributed by atoms with Crippen molar-refractivity contribution in [3.05, 3.63) is 0 Å². The molecule has 0 saturated heterocycles. The van der Waals surface area contributed by atoms with Gasteiger partial charge in [0.25, 0.3) is 0 Å². The zero-order valence-electron chi connectivity index (χ0n) is 37.4. The van der Waals surface area contributed by atoms with Gasteiger partial charge in [-0.2, -0.15) is 0 Å². The molecule has 0 aromatic heterocycles.